The Labute approximate surface area is 113 Å². The van der Waals surface area contributed by atoms with E-state index in [0.29, 0.717) is 18.3 Å². The minimum atomic E-state index is -3.69. The highest BCUT2D eigenvalue weighted by Crippen LogP contribution is 2.12. The lowest BCUT2D eigenvalue weighted by molar-refractivity contribution is -0.675. The molecular formula is C12H20N3O3S+. The summed E-state index contributed by atoms with van der Waals surface area (Å²) in [6, 6.07) is 6.16. The van der Waals surface area contributed by atoms with Gasteiger partial charge in [0.1, 0.15) is 0 Å². The van der Waals surface area contributed by atoms with Crippen molar-refractivity contribution in [3.05, 3.63) is 24.3 Å². The van der Waals surface area contributed by atoms with Gasteiger partial charge in [-0.05, 0) is 37.6 Å². The average molecular weight is 286 g/mol. The lowest BCUT2D eigenvalue weighted by atomic mass is 10.2. The number of carbonyl (C=O) groups is 1. The lowest BCUT2D eigenvalue weighted by Crippen LogP contribution is -2.90. The number of nitrogens with one attached hydrogen (secondary N) is 1. The van der Waals surface area contributed by atoms with Crippen LogP contribution in [0.5, 0.6) is 0 Å². The molecule has 5 N–H and O–H groups in total. The molecular weight excluding hydrogens is 266 g/mol. The first-order valence-corrected chi connectivity index (χ1v) is 7.63. The van der Waals surface area contributed by atoms with Crippen molar-refractivity contribution < 1.29 is 18.5 Å². The molecule has 106 valence electrons. The van der Waals surface area contributed by atoms with Crippen molar-refractivity contribution in [1.82, 2.24) is 0 Å². The smallest absolute Gasteiger partial charge is 0.279 e. The monoisotopic (exact) mass is 286 g/mol. The maximum atomic E-state index is 11.6. The van der Waals surface area contributed by atoms with Gasteiger partial charge >= 0.3 is 0 Å². The SMILES string of the molecule is CC[C@@H](C)[NH2+]CC(=O)Nc1ccc(S(N)(=O)=O)cc1. The van der Waals surface area contributed by atoms with E-state index < -0.39 is 10.0 Å². The number of carbonyl (C=O) groups excluding carboxylic acids is 1. The molecule has 6 nitrogen and oxygen atoms in total. The summed E-state index contributed by atoms with van der Waals surface area (Å²) in [5.74, 6) is -0.122. The van der Waals surface area contributed by atoms with E-state index in [0.717, 1.165) is 6.42 Å². The number of anilines is 1. The fourth-order valence-corrected chi connectivity index (χ4v) is 1.93. The van der Waals surface area contributed by atoms with Crippen molar-refractivity contribution in [2.45, 2.75) is 31.2 Å². The van der Waals surface area contributed by atoms with Crippen LogP contribution in [0.25, 0.3) is 0 Å². The van der Waals surface area contributed by atoms with Crippen molar-refractivity contribution in [3.8, 4) is 0 Å². The van der Waals surface area contributed by atoms with E-state index in [-0.39, 0.29) is 10.8 Å². The standard InChI is InChI=1S/C12H19N3O3S/c1-3-9(2)14-8-12(16)15-10-4-6-11(7-5-10)19(13,17)18/h4-7,9,14H,3,8H2,1-2H3,(H,15,16)(H2,13,17,18)/p+1/t9-/m1/s1. The van der Waals surface area contributed by atoms with Crippen LogP contribution in [0, 0.1) is 0 Å². The Morgan fingerprint density at radius 3 is 2.42 bits per heavy atom. The first kappa shape index (κ1) is 15.6. The molecule has 0 aliphatic rings. The van der Waals surface area contributed by atoms with Crippen molar-refractivity contribution >= 4 is 21.6 Å². The minimum Gasteiger partial charge on any atom is -0.336 e. The van der Waals surface area contributed by atoms with Crippen LogP contribution < -0.4 is 15.8 Å². The van der Waals surface area contributed by atoms with Gasteiger partial charge in [-0.2, -0.15) is 0 Å². The van der Waals surface area contributed by atoms with Gasteiger partial charge in [0.25, 0.3) is 5.91 Å². The highest BCUT2D eigenvalue weighted by molar-refractivity contribution is 7.89. The predicted octanol–water partition coefficient (Wildman–Crippen LogP) is -0.366. The van der Waals surface area contributed by atoms with Crippen LogP contribution in [0.4, 0.5) is 5.69 Å². The normalized spacial score (nSPS) is 13.0. The summed E-state index contributed by atoms with van der Waals surface area (Å²) in [6.07, 6.45) is 0.996. The van der Waals surface area contributed by atoms with Crippen LogP contribution in [-0.4, -0.2) is 26.9 Å². The van der Waals surface area contributed by atoms with E-state index in [4.69, 9.17) is 5.14 Å². The first-order chi connectivity index (χ1) is 8.82. The molecule has 0 saturated heterocycles. The van der Waals surface area contributed by atoms with E-state index in [1.165, 1.54) is 24.3 Å². The Bertz CT molecular complexity index is 526. The zero-order chi connectivity index (χ0) is 14.5. The second-order valence-electron chi connectivity index (χ2n) is 4.44. The first-order valence-electron chi connectivity index (χ1n) is 6.09. The summed E-state index contributed by atoms with van der Waals surface area (Å²) < 4.78 is 22.1. The highest BCUT2D eigenvalue weighted by Gasteiger charge is 2.10. The Hall–Kier alpha value is -1.44. The zero-order valence-electron chi connectivity index (χ0n) is 11.1. The fourth-order valence-electron chi connectivity index (χ4n) is 1.41. The molecule has 19 heavy (non-hydrogen) atoms. The predicted molar refractivity (Wildman–Crippen MR) is 73.0 cm³/mol. The molecule has 0 fully saturated rings. The summed E-state index contributed by atoms with van der Waals surface area (Å²) in [7, 11) is -3.69. The Morgan fingerprint density at radius 1 is 1.37 bits per heavy atom. The van der Waals surface area contributed by atoms with Crippen LogP contribution in [0.3, 0.4) is 0 Å². The van der Waals surface area contributed by atoms with Crippen molar-refractivity contribution in [1.29, 1.82) is 0 Å². The number of nitrogens with two attached hydrogens (primary N) is 2. The van der Waals surface area contributed by atoms with Gasteiger partial charge in [-0.1, -0.05) is 6.92 Å². The van der Waals surface area contributed by atoms with E-state index in [1.807, 2.05) is 12.2 Å². The molecule has 1 aromatic carbocycles. The number of rotatable bonds is 6. The van der Waals surface area contributed by atoms with E-state index >= 15 is 0 Å². The molecule has 0 aliphatic heterocycles. The molecule has 0 spiro atoms. The highest BCUT2D eigenvalue weighted by atomic mass is 32.2. The Balaban J connectivity index is 2.56. The summed E-state index contributed by atoms with van der Waals surface area (Å²) >= 11 is 0. The molecule has 1 amide bonds. The summed E-state index contributed by atoms with van der Waals surface area (Å²) in [5, 5.41) is 9.63. The molecule has 0 saturated carbocycles. The van der Waals surface area contributed by atoms with Crippen LogP contribution >= 0.6 is 0 Å². The molecule has 0 radical (unpaired) electrons. The second kappa shape index (κ2) is 6.65. The quantitative estimate of drug-likeness (QED) is 0.664. The van der Waals surface area contributed by atoms with Gasteiger partial charge in [0, 0.05) is 5.69 Å². The minimum absolute atomic E-state index is 0.0247. The number of quaternary nitrogens is 1. The number of sulfonamides is 1. The van der Waals surface area contributed by atoms with Gasteiger partial charge in [-0.15, -0.1) is 0 Å². The Kier molecular flexibility index (Phi) is 5.46. The third-order valence-electron chi connectivity index (χ3n) is 2.82. The van der Waals surface area contributed by atoms with Crippen molar-refractivity contribution in [2.24, 2.45) is 5.14 Å². The number of benzene rings is 1. The van der Waals surface area contributed by atoms with Crippen molar-refractivity contribution in [2.75, 3.05) is 11.9 Å². The Morgan fingerprint density at radius 2 is 1.95 bits per heavy atom. The van der Waals surface area contributed by atoms with E-state index in [2.05, 4.69) is 12.2 Å². The van der Waals surface area contributed by atoms with Crippen LogP contribution in [-0.2, 0) is 14.8 Å². The van der Waals surface area contributed by atoms with Crippen LogP contribution in [0.15, 0.2) is 29.2 Å². The van der Waals surface area contributed by atoms with Crippen molar-refractivity contribution in [3.63, 3.8) is 0 Å². The van der Waals surface area contributed by atoms with Gasteiger partial charge < -0.3 is 10.6 Å². The maximum absolute atomic E-state index is 11.6. The topological polar surface area (TPSA) is 106 Å². The van der Waals surface area contributed by atoms with Gasteiger partial charge in [0.2, 0.25) is 10.0 Å². The lowest BCUT2D eigenvalue weighted by Gasteiger charge is -2.08. The third-order valence-corrected chi connectivity index (χ3v) is 3.75. The molecule has 0 bridgehead atoms. The van der Waals surface area contributed by atoms with Gasteiger partial charge in [0.05, 0.1) is 10.9 Å². The summed E-state index contributed by atoms with van der Waals surface area (Å²) in [6.45, 7) is 4.45. The molecule has 1 aromatic rings. The zero-order valence-corrected chi connectivity index (χ0v) is 11.9. The molecule has 0 heterocycles. The van der Waals surface area contributed by atoms with Gasteiger partial charge in [-0.3, -0.25) is 4.79 Å². The van der Waals surface area contributed by atoms with E-state index in [1.54, 1.807) is 0 Å². The molecule has 0 aromatic heterocycles. The number of hydrogen-bond acceptors (Lipinski definition) is 3. The maximum Gasteiger partial charge on any atom is 0.279 e. The van der Waals surface area contributed by atoms with Gasteiger partial charge in [0.15, 0.2) is 6.54 Å². The molecule has 0 aliphatic carbocycles. The van der Waals surface area contributed by atoms with Crippen LogP contribution in [0.1, 0.15) is 20.3 Å². The third kappa shape index (κ3) is 5.37. The molecule has 7 heteroatoms. The van der Waals surface area contributed by atoms with E-state index in [9.17, 15) is 13.2 Å². The molecule has 1 rings (SSSR count). The molecule has 0 unspecified atom stereocenters. The number of hydrogen-bond donors (Lipinski definition) is 3. The number of amides is 1. The largest absolute Gasteiger partial charge is 0.336 e. The fraction of sp³-hybridized carbons (Fsp3) is 0.417. The average Bonchev–Trinajstić information content (AvgIpc) is 2.35. The molecule has 1 atom stereocenters. The summed E-state index contributed by atoms with van der Waals surface area (Å²) in [5.41, 5.74) is 0.551. The van der Waals surface area contributed by atoms with Gasteiger partial charge in [-0.25, -0.2) is 13.6 Å². The number of primary sulfonamides is 1. The summed E-state index contributed by atoms with van der Waals surface area (Å²) in [4.78, 5) is 11.7. The van der Waals surface area contributed by atoms with Crippen LogP contribution in [0.2, 0.25) is 0 Å². The second-order valence-corrected chi connectivity index (χ2v) is 6.00.